The lowest BCUT2D eigenvalue weighted by atomic mass is 9.80. The molecule has 2 bridgehead atoms. The Morgan fingerprint density at radius 2 is 2.06 bits per heavy atom. The molecule has 1 aromatic rings. The molecule has 1 aromatic carbocycles. The minimum absolute atomic E-state index is 0. The van der Waals surface area contributed by atoms with Crippen molar-refractivity contribution in [3.05, 3.63) is 29.8 Å². The fourth-order valence-corrected chi connectivity index (χ4v) is 2.44. The first-order valence-electron chi connectivity index (χ1n) is 5.48. The van der Waals surface area contributed by atoms with E-state index in [0.29, 0.717) is 18.7 Å². The van der Waals surface area contributed by atoms with Crippen molar-refractivity contribution in [1.29, 1.82) is 0 Å². The quantitative estimate of drug-likeness (QED) is 0.648. The number of halogens is 1. The summed E-state index contributed by atoms with van der Waals surface area (Å²) in [6.45, 7) is 1.91. The summed E-state index contributed by atoms with van der Waals surface area (Å²) in [6.07, 6.45) is 0.372. The van der Waals surface area contributed by atoms with E-state index in [4.69, 9.17) is 4.74 Å². The first kappa shape index (κ1) is 12.6. The Bertz CT molecular complexity index is 438. The maximum absolute atomic E-state index is 10.4. The minimum Gasteiger partial charge on any atom is -0.459 e. The van der Waals surface area contributed by atoms with Gasteiger partial charge in [-0.1, -0.05) is 18.2 Å². The molecule has 0 saturated carbocycles. The van der Waals surface area contributed by atoms with Crippen LogP contribution in [0.4, 0.5) is 0 Å². The fourth-order valence-electron chi connectivity index (χ4n) is 2.44. The van der Waals surface area contributed by atoms with Gasteiger partial charge in [-0.15, -0.1) is 12.4 Å². The van der Waals surface area contributed by atoms with Gasteiger partial charge in [0.05, 0.1) is 0 Å². The second-order valence-electron chi connectivity index (χ2n) is 4.84. The zero-order valence-corrected chi connectivity index (χ0v) is 10.3. The van der Waals surface area contributed by atoms with E-state index in [9.17, 15) is 10.2 Å². The standard InChI is InChI=1S/C12H15NO3.ClH/c1-11(14)7-13-9-6-12(11,15)16-10-5-3-2-4-8(9)10;/h2-5,9,13-15H,6-7H2,1H3;1H. The molecule has 0 radical (unpaired) electrons. The molecule has 3 rings (SSSR count). The highest BCUT2D eigenvalue weighted by Gasteiger charge is 2.55. The number of ether oxygens (including phenoxy) is 1. The van der Waals surface area contributed by atoms with Crippen LogP contribution in [0, 0.1) is 0 Å². The van der Waals surface area contributed by atoms with E-state index in [1.807, 2.05) is 24.3 Å². The second-order valence-corrected chi connectivity index (χ2v) is 4.84. The smallest absolute Gasteiger partial charge is 0.239 e. The lowest BCUT2D eigenvalue weighted by Crippen LogP contribution is -2.67. The number of rotatable bonds is 0. The molecule has 3 unspecified atom stereocenters. The Morgan fingerprint density at radius 1 is 1.35 bits per heavy atom. The van der Waals surface area contributed by atoms with E-state index in [2.05, 4.69) is 5.32 Å². The maximum atomic E-state index is 10.4. The first-order valence-corrected chi connectivity index (χ1v) is 5.48. The number of aliphatic hydroxyl groups is 2. The van der Waals surface area contributed by atoms with Crippen molar-refractivity contribution in [2.24, 2.45) is 0 Å². The third-order valence-electron chi connectivity index (χ3n) is 3.59. The lowest BCUT2D eigenvalue weighted by molar-refractivity contribution is -0.275. The van der Waals surface area contributed by atoms with Crippen molar-refractivity contribution < 1.29 is 14.9 Å². The van der Waals surface area contributed by atoms with Crippen molar-refractivity contribution >= 4 is 12.4 Å². The van der Waals surface area contributed by atoms with Crippen LogP contribution >= 0.6 is 12.4 Å². The highest BCUT2D eigenvalue weighted by atomic mass is 35.5. The van der Waals surface area contributed by atoms with Crippen LogP contribution < -0.4 is 10.1 Å². The molecule has 0 aliphatic carbocycles. The molecule has 0 spiro atoms. The average Bonchev–Trinajstić information content (AvgIpc) is 2.24. The van der Waals surface area contributed by atoms with Gasteiger partial charge in [0.1, 0.15) is 11.4 Å². The van der Waals surface area contributed by atoms with Gasteiger partial charge in [0.25, 0.3) is 0 Å². The SMILES string of the molecule is CC1(O)CNC2CC1(O)Oc1ccccc12.Cl. The third-order valence-corrected chi connectivity index (χ3v) is 3.59. The van der Waals surface area contributed by atoms with E-state index in [0.717, 1.165) is 5.56 Å². The topological polar surface area (TPSA) is 61.7 Å². The van der Waals surface area contributed by atoms with Gasteiger partial charge in [-0.3, -0.25) is 0 Å². The summed E-state index contributed by atoms with van der Waals surface area (Å²) in [4.78, 5) is 0. The van der Waals surface area contributed by atoms with Gasteiger partial charge in [-0.25, -0.2) is 0 Å². The van der Waals surface area contributed by atoms with Crippen molar-refractivity contribution in [2.45, 2.75) is 30.8 Å². The molecule has 94 valence electrons. The zero-order chi connectivity index (χ0) is 11.4. The Hall–Kier alpha value is -0.810. The molecule has 1 saturated heterocycles. The predicted octanol–water partition coefficient (Wildman–Crippen LogP) is 0.975. The number of hydrogen-bond donors (Lipinski definition) is 3. The van der Waals surface area contributed by atoms with Crippen LogP contribution in [0.15, 0.2) is 24.3 Å². The summed E-state index contributed by atoms with van der Waals surface area (Å²) in [5.74, 6) is -0.842. The molecule has 3 N–H and O–H groups in total. The number of benzene rings is 1. The molecule has 0 amide bonds. The summed E-state index contributed by atoms with van der Waals surface area (Å²) >= 11 is 0. The van der Waals surface area contributed by atoms with E-state index < -0.39 is 11.4 Å². The molecule has 2 aliphatic rings. The molecular formula is C12H16ClNO3. The summed E-state index contributed by atoms with van der Waals surface area (Å²) in [5, 5.41) is 23.7. The Morgan fingerprint density at radius 3 is 2.82 bits per heavy atom. The number of β-amino-alcohol motifs (C(OH)–C–C–N with tert-alkyl or cyclic N) is 1. The molecule has 0 aromatic heterocycles. The molecular weight excluding hydrogens is 242 g/mol. The highest BCUT2D eigenvalue weighted by molar-refractivity contribution is 5.85. The molecule has 2 aliphatic heterocycles. The number of para-hydroxylation sites is 1. The van der Waals surface area contributed by atoms with Crippen molar-refractivity contribution in [2.75, 3.05) is 6.54 Å². The van der Waals surface area contributed by atoms with Crippen molar-refractivity contribution in [3.8, 4) is 5.75 Å². The number of piperidine rings is 1. The van der Waals surface area contributed by atoms with E-state index in [-0.39, 0.29) is 18.4 Å². The molecule has 4 nitrogen and oxygen atoms in total. The Kier molecular flexibility index (Phi) is 2.86. The van der Waals surface area contributed by atoms with Crippen molar-refractivity contribution in [3.63, 3.8) is 0 Å². The van der Waals surface area contributed by atoms with E-state index in [1.165, 1.54) is 0 Å². The summed E-state index contributed by atoms with van der Waals surface area (Å²) < 4.78 is 5.57. The van der Waals surface area contributed by atoms with E-state index >= 15 is 0 Å². The van der Waals surface area contributed by atoms with Gasteiger partial charge in [-0.05, 0) is 13.0 Å². The monoisotopic (exact) mass is 257 g/mol. The van der Waals surface area contributed by atoms with Crippen LogP contribution in [0.3, 0.4) is 0 Å². The van der Waals surface area contributed by atoms with Crippen LogP contribution in [0.5, 0.6) is 5.75 Å². The second kappa shape index (κ2) is 3.85. The van der Waals surface area contributed by atoms with Crippen molar-refractivity contribution in [1.82, 2.24) is 5.32 Å². The van der Waals surface area contributed by atoms with Gasteiger partial charge in [-0.2, -0.15) is 0 Å². The zero-order valence-electron chi connectivity index (χ0n) is 9.51. The lowest BCUT2D eigenvalue weighted by Gasteiger charge is -2.50. The highest BCUT2D eigenvalue weighted by Crippen LogP contribution is 2.45. The van der Waals surface area contributed by atoms with Crippen LogP contribution in [0.1, 0.15) is 24.9 Å². The summed E-state index contributed by atoms with van der Waals surface area (Å²) in [6, 6.07) is 7.65. The minimum atomic E-state index is -1.49. The summed E-state index contributed by atoms with van der Waals surface area (Å²) in [5.41, 5.74) is -0.223. The molecule has 1 fully saturated rings. The maximum Gasteiger partial charge on any atom is 0.239 e. The van der Waals surface area contributed by atoms with Crippen LogP contribution in [0.2, 0.25) is 0 Å². The van der Waals surface area contributed by atoms with Gasteiger partial charge in [0, 0.05) is 24.6 Å². The molecule has 2 heterocycles. The van der Waals surface area contributed by atoms with Crippen LogP contribution in [-0.2, 0) is 0 Å². The number of hydrogen-bond acceptors (Lipinski definition) is 4. The van der Waals surface area contributed by atoms with Gasteiger partial charge < -0.3 is 20.3 Å². The number of nitrogens with one attached hydrogen (secondary N) is 1. The first-order chi connectivity index (χ1) is 7.52. The predicted molar refractivity (Wildman–Crippen MR) is 65.3 cm³/mol. The molecule has 3 atom stereocenters. The molecule has 5 heteroatoms. The molecule has 17 heavy (non-hydrogen) atoms. The summed E-state index contributed by atoms with van der Waals surface area (Å²) in [7, 11) is 0. The number of fused-ring (bicyclic) bond motifs is 4. The Labute approximate surface area is 106 Å². The normalized spacial score (nSPS) is 38.6. The average molecular weight is 258 g/mol. The fraction of sp³-hybridized carbons (Fsp3) is 0.500. The van der Waals surface area contributed by atoms with Gasteiger partial charge >= 0.3 is 0 Å². The van der Waals surface area contributed by atoms with E-state index in [1.54, 1.807) is 6.92 Å². The van der Waals surface area contributed by atoms with Crippen LogP contribution in [0.25, 0.3) is 0 Å². The van der Waals surface area contributed by atoms with Gasteiger partial charge in [0.15, 0.2) is 0 Å². The largest absolute Gasteiger partial charge is 0.459 e. The van der Waals surface area contributed by atoms with Crippen LogP contribution in [-0.4, -0.2) is 28.1 Å². The third kappa shape index (κ3) is 1.72. The van der Waals surface area contributed by atoms with Gasteiger partial charge in [0.2, 0.25) is 5.79 Å². The Balaban J connectivity index is 0.00000108.